The summed E-state index contributed by atoms with van der Waals surface area (Å²) in [7, 11) is 1.84. The van der Waals surface area contributed by atoms with Gasteiger partial charge < -0.3 is 34.5 Å². The van der Waals surface area contributed by atoms with Crippen LogP contribution in [0.5, 0.6) is 0 Å². The molecular formula is C29H35F4N7O4S. The van der Waals surface area contributed by atoms with Crippen molar-refractivity contribution >= 4 is 35.0 Å². The molecule has 0 aromatic carbocycles. The summed E-state index contributed by atoms with van der Waals surface area (Å²) in [5.41, 5.74) is -5.32. The number of ether oxygens (including phenoxy) is 1. The third kappa shape index (κ3) is 6.44. The standard InChI is InChI=1S/C29H35F4N7O4S/c1-26(2,3)43-25(42)37-28-13-27(14-28,15-28)24(41)34-11-21-36-22(38-44-21)16-10-20-19(35-18-7-9-39(4)12-17(18)30)6-5-8-40(20)23(16)45-29(31,32)33/h5-6,8,10,17-18,35H,7,9,11-15H2,1-4H3,(H,34,41)(H,37,42)/t17-,18+,27?,28?/m0/s1. The number of piperidine rings is 1. The number of carbonyl (C=O) groups excluding carboxylic acids is 2. The van der Waals surface area contributed by atoms with Gasteiger partial charge in [-0.05, 0) is 71.7 Å². The van der Waals surface area contributed by atoms with Gasteiger partial charge in [0.05, 0.1) is 39.8 Å². The van der Waals surface area contributed by atoms with E-state index in [1.54, 1.807) is 32.9 Å². The van der Waals surface area contributed by atoms with Gasteiger partial charge in [-0.15, -0.1) is 0 Å². The second kappa shape index (κ2) is 11.1. The van der Waals surface area contributed by atoms with Crippen molar-refractivity contribution in [1.82, 2.24) is 30.1 Å². The monoisotopic (exact) mass is 653 g/mol. The van der Waals surface area contributed by atoms with E-state index in [-0.39, 0.29) is 53.1 Å². The normalized spacial score (nSPS) is 26.6. The molecule has 3 aliphatic carbocycles. The number of hydrogen-bond acceptors (Lipinski definition) is 9. The maximum atomic E-state index is 14.8. The lowest BCUT2D eigenvalue weighted by atomic mass is 9.39. The number of anilines is 1. The van der Waals surface area contributed by atoms with Crippen molar-refractivity contribution in [2.45, 2.75) is 86.9 Å². The zero-order valence-electron chi connectivity index (χ0n) is 25.3. The molecule has 3 saturated carbocycles. The number of nitrogens with one attached hydrogen (secondary N) is 3. The average Bonchev–Trinajstić information content (AvgIpc) is 3.49. The van der Waals surface area contributed by atoms with Gasteiger partial charge in [-0.3, -0.25) is 4.79 Å². The number of rotatable bonds is 8. The first-order valence-electron chi connectivity index (χ1n) is 14.7. The number of aromatic nitrogens is 3. The first-order chi connectivity index (χ1) is 21.0. The van der Waals surface area contributed by atoms with Crippen LogP contribution in [0.3, 0.4) is 0 Å². The molecule has 1 aliphatic heterocycles. The summed E-state index contributed by atoms with van der Waals surface area (Å²) < 4.78 is 67.8. The molecule has 2 atom stereocenters. The predicted molar refractivity (Wildman–Crippen MR) is 157 cm³/mol. The molecule has 11 nitrogen and oxygen atoms in total. The Hall–Kier alpha value is -3.53. The molecule has 0 radical (unpaired) electrons. The van der Waals surface area contributed by atoms with Gasteiger partial charge in [0.25, 0.3) is 0 Å². The number of thioether (sulfide) groups is 1. The molecule has 4 fully saturated rings. The fraction of sp³-hybridized carbons (Fsp3) is 0.586. The van der Waals surface area contributed by atoms with Crippen molar-refractivity contribution in [3.63, 3.8) is 0 Å². The van der Waals surface area contributed by atoms with Crippen LogP contribution in [0.4, 0.5) is 28.0 Å². The van der Waals surface area contributed by atoms with Gasteiger partial charge in [-0.25, -0.2) is 9.18 Å². The minimum atomic E-state index is -4.61. The van der Waals surface area contributed by atoms with Gasteiger partial charge >= 0.3 is 11.6 Å². The Morgan fingerprint density at radius 1 is 1.22 bits per heavy atom. The molecule has 2 bridgehead atoms. The fourth-order valence-electron chi connectivity index (χ4n) is 6.55. The van der Waals surface area contributed by atoms with Gasteiger partial charge in [0.1, 0.15) is 11.8 Å². The number of likely N-dealkylation sites (tertiary alicyclic amines) is 1. The van der Waals surface area contributed by atoms with E-state index in [9.17, 15) is 27.2 Å². The van der Waals surface area contributed by atoms with Crippen molar-refractivity contribution in [3.8, 4) is 11.4 Å². The summed E-state index contributed by atoms with van der Waals surface area (Å²) in [5.74, 6) is -0.280. The Balaban J connectivity index is 1.15. The molecular weight excluding hydrogens is 618 g/mol. The predicted octanol–water partition coefficient (Wildman–Crippen LogP) is 5.12. The van der Waals surface area contributed by atoms with Crippen molar-refractivity contribution in [2.24, 2.45) is 5.41 Å². The SMILES string of the molecule is CN1CC[C@@H](Nc2cccn3c(SC(F)(F)F)c(-c4noc(CNC(=O)C56CC(NC(=O)OC(C)(C)C)(C5)C6)n4)cc23)[C@@H](F)C1. The third-order valence-corrected chi connectivity index (χ3v) is 9.29. The van der Waals surface area contributed by atoms with Crippen molar-refractivity contribution in [2.75, 3.05) is 25.5 Å². The van der Waals surface area contributed by atoms with E-state index in [2.05, 4.69) is 26.1 Å². The smallest absolute Gasteiger partial charge is 0.444 e. The topological polar surface area (TPSA) is 126 Å². The van der Waals surface area contributed by atoms with E-state index in [1.165, 1.54) is 16.7 Å². The van der Waals surface area contributed by atoms with E-state index >= 15 is 0 Å². The number of halogens is 4. The molecule has 1 saturated heterocycles. The molecule has 0 spiro atoms. The fourth-order valence-corrected chi connectivity index (χ4v) is 7.29. The highest BCUT2D eigenvalue weighted by Gasteiger charge is 2.72. The van der Waals surface area contributed by atoms with Gasteiger partial charge in [0.2, 0.25) is 17.6 Å². The first kappa shape index (κ1) is 31.5. The number of alkyl halides is 4. The number of carbonyl (C=O) groups is 2. The summed E-state index contributed by atoms with van der Waals surface area (Å²) in [6.45, 7) is 6.15. The summed E-state index contributed by atoms with van der Waals surface area (Å²) in [6.07, 6.45) is 1.81. The zero-order valence-corrected chi connectivity index (χ0v) is 26.1. The van der Waals surface area contributed by atoms with E-state index in [4.69, 9.17) is 9.26 Å². The molecule has 0 unspecified atom stereocenters. The molecule has 45 heavy (non-hydrogen) atoms. The average molecular weight is 654 g/mol. The lowest BCUT2D eigenvalue weighted by molar-refractivity contribution is -0.179. The number of hydrogen-bond donors (Lipinski definition) is 3. The number of pyridine rings is 1. The number of fused-ring (bicyclic) bond motifs is 1. The molecule has 2 amide bonds. The van der Waals surface area contributed by atoms with Crippen molar-refractivity contribution in [3.05, 3.63) is 30.3 Å². The van der Waals surface area contributed by atoms with Gasteiger partial charge in [0, 0.05) is 36.6 Å². The molecule has 3 aromatic rings. The number of amides is 2. The Kier molecular flexibility index (Phi) is 7.74. The van der Waals surface area contributed by atoms with Crippen LogP contribution in [0.2, 0.25) is 0 Å². The molecule has 7 rings (SSSR count). The van der Waals surface area contributed by atoms with Crippen LogP contribution in [0.15, 0.2) is 33.9 Å². The molecule has 3 N–H and O–H groups in total. The lowest BCUT2D eigenvalue weighted by Gasteiger charge is -2.68. The third-order valence-electron chi connectivity index (χ3n) is 8.45. The first-order valence-corrected chi connectivity index (χ1v) is 15.5. The second-order valence-electron chi connectivity index (χ2n) is 13.3. The maximum absolute atomic E-state index is 14.8. The van der Waals surface area contributed by atoms with Crippen LogP contribution in [-0.2, 0) is 16.1 Å². The molecule has 4 heterocycles. The van der Waals surface area contributed by atoms with Crippen LogP contribution in [0, 0.1) is 5.41 Å². The van der Waals surface area contributed by atoms with E-state index in [0.717, 1.165) is 0 Å². The van der Waals surface area contributed by atoms with Crippen LogP contribution >= 0.6 is 11.8 Å². The highest BCUT2D eigenvalue weighted by atomic mass is 32.2. The van der Waals surface area contributed by atoms with Crippen LogP contribution in [0.1, 0.15) is 52.3 Å². The maximum Gasteiger partial charge on any atom is 0.447 e. The van der Waals surface area contributed by atoms with E-state index < -0.39 is 40.4 Å². The Labute approximate surface area is 260 Å². The molecule has 3 aromatic heterocycles. The summed E-state index contributed by atoms with van der Waals surface area (Å²) in [6, 6.07) is 4.32. The molecule has 4 aliphatic rings. The second-order valence-corrected chi connectivity index (χ2v) is 14.4. The van der Waals surface area contributed by atoms with E-state index in [1.807, 2.05) is 11.9 Å². The van der Waals surface area contributed by atoms with Crippen molar-refractivity contribution in [1.29, 1.82) is 0 Å². The summed E-state index contributed by atoms with van der Waals surface area (Å²) in [5, 5.41) is 12.6. The Morgan fingerprint density at radius 2 is 1.96 bits per heavy atom. The Bertz CT molecular complexity index is 1600. The van der Waals surface area contributed by atoms with Crippen LogP contribution < -0.4 is 16.0 Å². The summed E-state index contributed by atoms with van der Waals surface area (Å²) in [4.78, 5) is 31.3. The highest BCUT2D eigenvalue weighted by Crippen LogP contribution is 2.67. The minimum absolute atomic E-state index is 0.0229. The number of nitrogens with zero attached hydrogens (tertiary/aromatic N) is 4. The summed E-state index contributed by atoms with van der Waals surface area (Å²) >= 11 is -0.309. The highest BCUT2D eigenvalue weighted by molar-refractivity contribution is 8.00. The van der Waals surface area contributed by atoms with E-state index in [0.29, 0.717) is 43.4 Å². The van der Waals surface area contributed by atoms with Gasteiger partial charge in [0.15, 0.2) is 0 Å². The largest absolute Gasteiger partial charge is 0.447 e. The van der Waals surface area contributed by atoms with Crippen LogP contribution in [-0.4, -0.2) is 80.4 Å². The molecule has 16 heteroatoms. The Morgan fingerprint density at radius 3 is 2.62 bits per heavy atom. The quantitative estimate of drug-likeness (QED) is 0.224. The minimum Gasteiger partial charge on any atom is -0.444 e. The van der Waals surface area contributed by atoms with Gasteiger partial charge in [-0.1, -0.05) is 5.16 Å². The van der Waals surface area contributed by atoms with Crippen molar-refractivity contribution < 1.29 is 36.4 Å². The van der Waals surface area contributed by atoms with Crippen LogP contribution in [0.25, 0.3) is 16.9 Å². The number of alkyl carbamates (subject to hydrolysis) is 1. The zero-order chi connectivity index (χ0) is 32.4. The lowest BCUT2D eigenvalue weighted by Crippen LogP contribution is -2.78. The van der Waals surface area contributed by atoms with Gasteiger partial charge in [-0.2, -0.15) is 18.2 Å². The molecule has 244 valence electrons.